The molecule has 3 aromatic rings. The molecule has 7 nitrogen and oxygen atoms in total. The van der Waals surface area contributed by atoms with E-state index in [0.29, 0.717) is 11.2 Å². The second-order valence-corrected chi connectivity index (χ2v) is 8.12. The highest BCUT2D eigenvalue weighted by molar-refractivity contribution is 6.68. The number of benzene rings is 2. The quantitative estimate of drug-likeness (QED) is 0.260. The fraction of sp³-hybridized carbons (Fsp3) is 0.111. The van der Waals surface area contributed by atoms with Gasteiger partial charge in [0, 0.05) is 17.6 Å². The molecule has 2 N–H and O–H groups in total. The number of carbonyl (C=O) groups is 1. The topological polar surface area (TPSA) is 97.2 Å². The van der Waals surface area contributed by atoms with Crippen molar-refractivity contribution in [3.8, 4) is 0 Å². The highest BCUT2D eigenvalue weighted by Crippen LogP contribution is 2.33. The molecule has 0 bridgehead atoms. The maximum absolute atomic E-state index is 12.6. The summed E-state index contributed by atoms with van der Waals surface area (Å²) in [5.41, 5.74) is 0.640. The number of halogens is 3. The molecule has 0 saturated heterocycles. The van der Waals surface area contributed by atoms with Crippen molar-refractivity contribution in [2.24, 2.45) is 0 Å². The molecule has 1 unspecified atom stereocenters. The van der Waals surface area contributed by atoms with Crippen LogP contribution < -0.4 is 10.6 Å². The Labute approximate surface area is 174 Å². The zero-order valence-corrected chi connectivity index (χ0v) is 16.4. The summed E-state index contributed by atoms with van der Waals surface area (Å²) in [5, 5.41) is 17.5. The van der Waals surface area contributed by atoms with Crippen LogP contribution in [0.15, 0.2) is 60.8 Å². The Morgan fingerprint density at radius 2 is 1.79 bits per heavy atom. The highest BCUT2D eigenvalue weighted by Gasteiger charge is 2.35. The molecule has 1 amide bonds. The SMILES string of the molecule is O=C(NC(Nc1cccc2cccnc12)C(Cl)(Cl)Cl)c1ccccc1[N+](=O)[O-]. The van der Waals surface area contributed by atoms with E-state index in [9.17, 15) is 14.9 Å². The van der Waals surface area contributed by atoms with Gasteiger partial charge in [-0.15, -0.1) is 0 Å². The van der Waals surface area contributed by atoms with E-state index in [0.717, 1.165) is 5.39 Å². The maximum atomic E-state index is 12.6. The van der Waals surface area contributed by atoms with E-state index in [1.807, 2.05) is 12.1 Å². The standard InChI is InChI=1S/C18H13Cl3N4O3/c19-18(20,21)17(23-13-8-3-5-11-6-4-10-22-15(11)13)24-16(26)12-7-1-2-9-14(12)25(27)28/h1-10,17,23H,(H,24,26). The Balaban J connectivity index is 1.92. The van der Waals surface area contributed by atoms with Crippen LogP contribution in [0.1, 0.15) is 10.4 Å². The molecule has 28 heavy (non-hydrogen) atoms. The van der Waals surface area contributed by atoms with E-state index >= 15 is 0 Å². The predicted molar refractivity (Wildman–Crippen MR) is 110 cm³/mol. The van der Waals surface area contributed by atoms with E-state index in [1.165, 1.54) is 24.3 Å². The second-order valence-electron chi connectivity index (χ2n) is 5.75. The molecule has 2 aromatic carbocycles. The number of nitro benzene ring substituents is 1. The first kappa shape index (κ1) is 20.1. The molecule has 1 atom stereocenters. The summed E-state index contributed by atoms with van der Waals surface area (Å²) in [6.07, 6.45) is 0.432. The fourth-order valence-corrected chi connectivity index (χ4v) is 2.94. The smallest absolute Gasteiger partial charge is 0.282 e. The van der Waals surface area contributed by atoms with E-state index in [1.54, 1.807) is 24.4 Å². The summed E-state index contributed by atoms with van der Waals surface area (Å²) >= 11 is 18.1. The van der Waals surface area contributed by atoms with Crippen molar-refractivity contribution in [3.05, 3.63) is 76.5 Å². The monoisotopic (exact) mass is 438 g/mol. The second kappa shape index (κ2) is 8.18. The minimum atomic E-state index is -1.95. The number of carbonyl (C=O) groups excluding carboxylic acids is 1. The number of rotatable bonds is 5. The van der Waals surface area contributed by atoms with Crippen molar-refractivity contribution in [2.75, 3.05) is 5.32 Å². The number of nitro groups is 1. The summed E-state index contributed by atoms with van der Waals surface area (Å²) in [5.74, 6) is -0.760. The Morgan fingerprint density at radius 1 is 1.07 bits per heavy atom. The molecular formula is C18H13Cl3N4O3. The molecule has 0 aliphatic carbocycles. The number of amides is 1. The van der Waals surface area contributed by atoms with Gasteiger partial charge in [0.15, 0.2) is 0 Å². The molecule has 0 aliphatic rings. The molecule has 144 valence electrons. The van der Waals surface area contributed by atoms with Gasteiger partial charge in [0.05, 0.1) is 16.1 Å². The summed E-state index contributed by atoms with van der Waals surface area (Å²) in [6, 6.07) is 14.5. The van der Waals surface area contributed by atoms with Crippen molar-refractivity contribution in [2.45, 2.75) is 9.96 Å². The van der Waals surface area contributed by atoms with E-state index in [-0.39, 0.29) is 11.3 Å². The molecule has 3 rings (SSSR count). The van der Waals surface area contributed by atoms with Crippen molar-refractivity contribution in [1.82, 2.24) is 10.3 Å². The van der Waals surface area contributed by atoms with Crippen LogP contribution in [-0.2, 0) is 0 Å². The minimum Gasteiger partial charge on any atom is -0.360 e. The number of hydrogen-bond donors (Lipinski definition) is 2. The van der Waals surface area contributed by atoms with Crippen LogP contribution in [0, 0.1) is 10.1 Å². The van der Waals surface area contributed by atoms with E-state index in [2.05, 4.69) is 15.6 Å². The van der Waals surface area contributed by atoms with Crippen molar-refractivity contribution < 1.29 is 9.72 Å². The van der Waals surface area contributed by atoms with Crippen LogP contribution in [0.25, 0.3) is 10.9 Å². The molecule has 0 saturated carbocycles. The van der Waals surface area contributed by atoms with Crippen LogP contribution in [0.2, 0.25) is 0 Å². The predicted octanol–water partition coefficient (Wildman–Crippen LogP) is 4.68. The molecule has 1 aromatic heterocycles. The van der Waals surface area contributed by atoms with Gasteiger partial charge in [-0.25, -0.2) is 0 Å². The van der Waals surface area contributed by atoms with Gasteiger partial charge >= 0.3 is 0 Å². The summed E-state index contributed by atoms with van der Waals surface area (Å²) in [4.78, 5) is 27.4. The number of fused-ring (bicyclic) bond motifs is 1. The Bertz CT molecular complexity index is 1030. The highest BCUT2D eigenvalue weighted by atomic mass is 35.6. The average molecular weight is 440 g/mol. The van der Waals surface area contributed by atoms with Crippen LogP contribution in [0.5, 0.6) is 0 Å². The average Bonchev–Trinajstić information content (AvgIpc) is 2.66. The minimum absolute atomic E-state index is 0.149. The van der Waals surface area contributed by atoms with E-state index < -0.39 is 20.8 Å². The zero-order chi connectivity index (χ0) is 20.3. The lowest BCUT2D eigenvalue weighted by molar-refractivity contribution is -0.385. The van der Waals surface area contributed by atoms with Crippen molar-refractivity contribution in [1.29, 1.82) is 0 Å². The lowest BCUT2D eigenvalue weighted by Gasteiger charge is -2.27. The molecule has 10 heteroatoms. The van der Waals surface area contributed by atoms with Crippen LogP contribution in [0.3, 0.4) is 0 Å². The van der Waals surface area contributed by atoms with Gasteiger partial charge < -0.3 is 10.6 Å². The normalized spacial score (nSPS) is 12.4. The first-order chi connectivity index (χ1) is 13.3. The summed E-state index contributed by atoms with van der Waals surface area (Å²) in [7, 11) is 0. The number of anilines is 1. The number of nitrogens with zero attached hydrogens (tertiary/aromatic N) is 2. The first-order valence-electron chi connectivity index (χ1n) is 7.98. The van der Waals surface area contributed by atoms with Crippen LogP contribution in [-0.4, -0.2) is 25.8 Å². The molecular weight excluding hydrogens is 427 g/mol. The fourth-order valence-electron chi connectivity index (χ4n) is 2.61. The number of nitrogens with one attached hydrogen (secondary N) is 2. The number of aromatic nitrogens is 1. The van der Waals surface area contributed by atoms with Gasteiger partial charge in [-0.05, 0) is 18.2 Å². The lowest BCUT2D eigenvalue weighted by atomic mass is 10.1. The third kappa shape index (κ3) is 4.44. The molecule has 1 heterocycles. The Kier molecular flexibility index (Phi) is 5.88. The summed E-state index contributed by atoms with van der Waals surface area (Å²) < 4.78 is -1.95. The van der Waals surface area contributed by atoms with E-state index in [4.69, 9.17) is 34.8 Å². The zero-order valence-electron chi connectivity index (χ0n) is 14.1. The molecule has 0 radical (unpaired) electrons. The Morgan fingerprint density at radius 3 is 2.50 bits per heavy atom. The number of para-hydroxylation sites is 2. The lowest BCUT2D eigenvalue weighted by Crippen LogP contribution is -2.49. The van der Waals surface area contributed by atoms with Crippen molar-refractivity contribution >= 4 is 63.0 Å². The van der Waals surface area contributed by atoms with Crippen LogP contribution in [0.4, 0.5) is 11.4 Å². The number of hydrogen-bond acceptors (Lipinski definition) is 5. The Hall–Kier alpha value is -2.61. The van der Waals surface area contributed by atoms with Gasteiger partial charge in [0.1, 0.15) is 11.7 Å². The largest absolute Gasteiger partial charge is 0.360 e. The van der Waals surface area contributed by atoms with Gasteiger partial charge in [0.25, 0.3) is 11.6 Å². The van der Waals surface area contributed by atoms with Gasteiger partial charge in [-0.3, -0.25) is 19.9 Å². The van der Waals surface area contributed by atoms with Crippen LogP contribution >= 0.6 is 34.8 Å². The van der Waals surface area contributed by atoms with Crippen molar-refractivity contribution in [3.63, 3.8) is 0 Å². The third-order valence-electron chi connectivity index (χ3n) is 3.88. The van der Waals surface area contributed by atoms with Gasteiger partial charge in [0.2, 0.25) is 3.79 Å². The first-order valence-corrected chi connectivity index (χ1v) is 9.12. The maximum Gasteiger partial charge on any atom is 0.282 e. The summed E-state index contributed by atoms with van der Waals surface area (Å²) in [6.45, 7) is 0. The number of pyridine rings is 1. The third-order valence-corrected chi connectivity index (χ3v) is 4.54. The van der Waals surface area contributed by atoms with Gasteiger partial charge in [-0.2, -0.15) is 0 Å². The molecule has 0 aliphatic heterocycles. The molecule has 0 fully saturated rings. The number of alkyl halides is 3. The molecule has 0 spiro atoms. The van der Waals surface area contributed by atoms with Gasteiger partial charge in [-0.1, -0.05) is 65.1 Å².